The van der Waals surface area contributed by atoms with Crippen LogP contribution in [-0.2, 0) is 14.8 Å². The van der Waals surface area contributed by atoms with E-state index in [1.165, 1.54) is 29.4 Å². The molecule has 7 nitrogen and oxygen atoms in total. The van der Waals surface area contributed by atoms with Crippen molar-refractivity contribution >= 4 is 33.5 Å². The number of hydrogen-bond donors (Lipinski definition) is 2. The molecule has 0 unspecified atom stereocenters. The second-order valence-electron chi connectivity index (χ2n) is 5.29. The summed E-state index contributed by atoms with van der Waals surface area (Å²) in [7, 11) is -3.77. The molecule has 1 heterocycles. The Balaban J connectivity index is 2.32. The van der Waals surface area contributed by atoms with Gasteiger partial charge >= 0.3 is 5.97 Å². The minimum absolute atomic E-state index is 0.0275. The molecule has 1 aliphatic rings. The molecule has 2 N–H and O–H groups in total. The third kappa shape index (κ3) is 3.82. The zero-order valence-electron chi connectivity index (χ0n) is 12.5. The molecular weight excluding hydrogens is 344 g/mol. The third-order valence-electron chi connectivity index (χ3n) is 3.59. The first-order chi connectivity index (χ1) is 10.7. The number of hydrogen-bond acceptors (Lipinski definition) is 4. The molecule has 0 spiro atoms. The van der Waals surface area contributed by atoms with Crippen molar-refractivity contribution in [3.8, 4) is 0 Å². The summed E-state index contributed by atoms with van der Waals surface area (Å²) in [6.07, 6.45) is 1.57. The minimum Gasteiger partial charge on any atom is -0.480 e. The molecule has 0 saturated carbocycles. The van der Waals surface area contributed by atoms with Gasteiger partial charge in [0.25, 0.3) is 5.91 Å². The maximum atomic E-state index is 12.6. The van der Waals surface area contributed by atoms with Crippen LogP contribution in [0.15, 0.2) is 23.1 Å². The van der Waals surface area contributed by atoms with E-state index >= 15 is 0 Å². The van der Waals surface area contributed by atoms with E-state index in [1.807, 2.05) is 0 Å². The van der Waals surface area contributed by atoms with Crippen LogP contribution in [0.25, 0.3) is 0 Å². The molecule has 0 aliphatic carbocycles. The lowest BCUT2D eigenvalue weighted by atomic mass is 10.2. The first kappa shape index (κ1) is 17.7. The Morgan fingerprint density at radius 3 is 2.48 bits per heavy atom. The van der Waals surface area contributed by atoms with Gasteiger partial charge in [0.05, 0.1) is 5.02 Å². The molecular formula is C14H17ClN2O5S. The normalized spacial score (nSPS) is 17.0. The molecule has 126 valence electrons. The van der Waals surface area contributed by atoms with Crippen molar-refractivity contribution in [3.05, 3.63) is 28.8 Å². The van der Waals surface area contributed by atoms with Crippen LogP contribution < -0.4 is 5.32 Å². The summed E-state index contributed by atoms with van der Waals surface area (Å²) in [5, 5.41) is 11.1. The summed E-state index contributed by atoms with van der Waals surface area (Å²) in [6.45, 7) is 2.16. The summed E-state index contributed by atoms with van der Waals surface area (Å²) < 4.78 is 26.5. The minimum atomic E-state index is -3.77. The van der Waals surface area contributed by atoms with E-state index in [2.05, 4.69) is 5.32 Å². The van der Waals surface area contributed by atoms with Gasteiger partial charge in [0, 0.05) is 18.7 Å². The van der Waals surface area contributed by atoms with Crippen LogP contribution in [0.4, 0.5) is 0 Å². The molecule has 2 rings (SSSR count). The SMILES string of the molecule is C[C@H](NC(=O)c1ccc(Cl)c(S(=O)(=O)N2CCCC2)c1)C(=O)O. The van der Waals surface area contributed by atoms with Crippen molar-refractivity contribution in [2.75, 3.05) is 13.1 Å². The summed E-state index contributed by atoms with van der Waals surface area (Å²) in [6, 6.07) is 2.77. The van der Waals surface area contributed by atoms with Crippen molar-refractivity contribution in [2.24, 2.45) is 0 Å². The number of nitrogens with zero attached hydrogens (tertiary/aromatic N) is 1. The summed E-state index contributed by atoms with van der Waals surface area (Å²) in [5.74, 6) is -1.85. The molecule has 23 heavy (non-hydrogen) atoms. The van der Waals surface area contributed by atoms with Crippen LogP contribution in [0.1, 0.15) is 30.1 Å². The average Bonchev–Trinajstić information content (AvgIpc) is 3.02. The van der Waals surface area contributed by atoms with E-state index in [1.54, 1.807) is 0 Å². The second-order valence-corrected chi connectivity index (χ2v) is 7.60. The fourth-order valence-electron chi connectivity index (χ4n) is 2.25. The second kappa shape index (κ2) is 6.86. The number of carboxylic acids is 1. The Hall–Kier alpha value is -1.64. The maximum Gasteiger partial charge on any atom is 0.325 e. The summed E-state index contributed by atoms with van der Waals surface area (Å²) in [4.78, 5) is 22.7. The van der Waals surface area contributed by atoms with Gasteiger partial charge in [-0.2, -0.15) is 4.31 Å². The van der Waals surface area contributed by atoms with Crippen LogP contribution in [0.5, 0.6) is 0 Å². The summed E-state index contributed by atoms with van der Waals surface area (Å²) in [5.41, 5.74) is 0.0419. The zero-order chi connectivity index (χ0) is 17.2. The van der Waals surface area contributed by atoms with Crippen molar-refractivity contribution in [2.45, 2.75) is 30.7 Å². The number of sulfonamides is 1. The lowest BCUT2D eigenvalue weighted by Crippen LogP contribution is -2.38. The van der Waals surface area contributed by atoms with Gasteiger partial charge in [0.15, 0.2) is 0 Å². The Morgan fingerprint density at radius 1 is 1.30 bits per heavy atom. The topological polar surface area (TPSA) is 104 Å². The fourth-order valence-corrected chi connectivity index (χ4v) is 4.27. The van der Waals surface area contributed by atoms with Crippen molar-refractivity contribution < 1.29 is 23.1 Å². The van der Waals surface area contributed by atoms with Gasteiger partial charge in [-0.25, -0.2) is 8.42 Å². The molecule has 0 bridgehead atoms. The van der Waals surface area contributed by atoms with Crippen molar-refractivity contribution in [1.82, 2.24) is 9.62 Å². The molecule has 1 aliphatic heterocycles. The first-order valence-electron chi connectivity index (χ1n) is 7.07. The number of carboxylic acid groups (broad SMARTS) is 1. The molecule has 0 radical (unpaired) electrons. The lowest BCUT2D eigenvalue weighted by Gasteiger charge is -2.17. The van der Waals surface area contributed by atoms with Crippen LogP contribution in [0.2, 0.25) is 5.02 Å². The zero-order valence-corrected chi connectivity index (χ0v) is 14.0. The quantitative estimate of drug-likeness (QED) is 0.824. The molecule has 0 aromatic heterocycles. The number of amides is 1. The van der Waals surface area contributed by atoms with Gasteiger partial charge in [-0.15, -0.1) is 0 Å². The molecule has 1 saturated heterocycles. The van der Waals surface area contributed by atoms with E-state index in [9.17, 15) is 18.0 Å². The Labute approximate surface area is 139 Å². The van der Waals surface area contributed by atoms with Crippen LogP contribution >= 0.6 is 11.6 Å². The largest absolute Gasteiger partial charge is 0.480 e. The number of halogens is 1. The van der Waals surface area contributed by atoms with Gasteiger partial charge < -0.3 is 10.4 Å². The number of rotatable bonds is 5. The first-order valence-corrected chi connectivity index (χ1v) is 8.88. The fraction of sp³-hybridized carbons (Fsp3) is 0.429. The summed E-state index contributed by atoms with van der Waals surface area (Å²) >= 11 is 5.99. The van der Waals surface area contributed by atoms with E-state index in [0.29, 0.717) is 13.1 Å². The maximum absolute atomic E-state index is 12.6. The lowest BCUT2D eigenvalue weighted by molar-refractivity contribution is -0.138. The predicted molar refractivity (Wildman–Crippen MR) is 84.0 cm³/mol. The number of aliphatic carboxylic acids is 1. The smallest absolute Gasteiger partial charge is 0.325 e. The highest BCUT2D eigenvalue weighted by Gasteiger charge is 2.30. The van der Waals surface area contributed by atoms with Crippen LogP contribution in [0, 0.1) is 0 Å². The van der Waals surface area contributed by atoms with E-state index in [-0.39, 0.29) is 15.5 Å². The average molecular weight is 361 g/mol. The van der Waals surface area contributed by atoms with Crippen LogP contribution in [-0.4, -0.2) is 48.8 Å². The van der Waals surface area contributed by atoms with E-state index in [0.717, 1.165) is 12.8 Å². The number of carbonyl (C=O) groups is 2. The Bertz CT molecular complexity index is 729. The van der Waals surface area contributed by atoms with Gasteiger partial charge in [-0.1, -0.05) is 11.6 Å². The van der Waals surface area contributed by atoms with Gasteiger partial charge in [-0.3, -0.25) is 9.59 Å². The van der Waals surface area contributed by atoms with E-state index in [4.69, 9.17) is 16.7 Å². The van der Waals surface area contributed by atoms with Gasteiger partial charge in [-0.05, 0) is 38.0 Å². The molecule has 1 fully saturated rings. The van der Waals surface area contributed by atoms with Crippen LogP contribution in [0.3, 0.4) is 0 Å². The number of carbonyl (C=O) groups excluding carboxylic acids is 1. The molecule has 1 aromatic rings. The highest BCUT2D eigenvalue weighted by atomic mass is 35.5. The highest BCUT2D eigenvalue weighted by molar-refractivity contribution is 7.89. The predicted octanol–water partition coefficient (Wildman–Crippen LogP) is 1.33. The molecule has 1 atom stereocenters. The highest BCUT2D eigenvalue weighted by Crippen LogP contribution is 2.28. The number of nitrogens with one attached hydrogen (secondary N) is 1. The number of benzene rings is 1. The van der Waals surface area contributed by atoms with Gasteiger partial charge in [0.2, 0.25) is 10.0 Å². The van der Waals surface area contributed by atoms with Gasteiger partial charge in [0.1, 0.15) is 10.9 Å². The Morgan fingerprint density at radius 2 is 1.91 bits per heavy atom. The molecule has 9 heteroatoms. The van der Waals surface area contributed by atoms with Crippen molar-refractivity contribution in [3.63, 3.8) is 0 Å². The van der Waals surface area contributed by atoms with Crippen molar-refractivity contribution in [1.29, 1.82) is 0 Å². The van der Waals surface area contributed by atoms with E-state index < -0.39 is 27.9 Å². The standard InChI is InChI=1S/C14H17ClN2O5S/c1-9(14(19)20)16-13(18)10-4-5-11(15)12(8-10)23(21,22)17-6-2-3-7-17/h4-5,8-9H,2-3,6-7H2,1H3,(H,16,18)(H,19,20)/t9-/m0/s1. The molecule has 1 aromatic carbocycles. The monoisotopic (exact) mass is 360 g/mol. The third-order valence-corrected chi connectivity index (χ3v) is 5.97. The molecule has 1 amide bonds. The Kier molecular flexibility index (Phi) is 5.28.